The number of pyridine rings is 1. The molecule has 3 aromatic carbocycles. The van der Waals surface area contributed by atoms with E-state index in [4.69, 9.17) is 14.8 Å². The van der Waals surface area contributed by atoms with Crippen LogP contribution in [0.25, 0.3) is 33.3 Å². The molecule has 0 fully saturated rings. The van der Waals surface area contributed by atoms with Crippen LogP contribution in [0.4, 0.5) is 0 Å². The summed E-state index contributed by atoms with van der Waals surface area (Å²) in [5.41, 5.74) is 10.9. The Morgan fingerprint density at radius 2 is 1.51 bits per heavy atom. The number of hydrogen-bond acceptors (Lipinski definition) is 3. The van der Waals surface area contributed by atoms with Gasteiger partial charge in [0.05, 0.1) is 28.1 Å². The van der Waals surface area contributed by atoms with Crippen molar-refractivity contribution in [1.82, 2.24) is 19.3 Å². The second-order valence-corrected chi connectivity index (χ2v) is 16.7. The fourth-order valence-electron chi connectivity index (χ4n) is 8.56. The fourth-order valence-corrected chi connectivity index (χ4v) is 8.56. The predicted molar refractivity (Wildman–Crippen MR) is 213 cm³/mol. The largest absolute Gasteiger partial charge is 0.457 e. The molecule has 1 aliphatic rings. The van der Waals surface area contributed by atoms with E-state index < -0.39 is 0 Å². The van der Waals surface area contributed by atoms with Crippen molar-refractivity contribution in [2.45, 2.75) is 106 Å². The number of para-hydroxylation sites is 1. The van der Waals surface area contributed by atoms with Gasteiger partial charge in [0.15, 0.2) is 0 Å². The average molecular weight is 679 g/mol. The standard InChI is InChI=1S/C46H54N4O/c1-27(2)33-18-19-47-42(24-33)49-40-15-13-12-14-38(40)39-17-16-36(26-41(39)49)51-37-23-34(28(3)4)22-35(25-37)50-45(46(9,10)11)44(32(8)48-50)43-30(6)20-29(5)21-31(43)7/h12-20,22-29,31,43H,21H2,1-11H3/t29-,31?,43-/m0/s1. The molecular formula is C46H54N4O. The van der Waals surface area contributed by atoms with E-state index >= 15 is 0 Å². The zero-order chi connectivity index (χ0) is 36.4. The summed E-state index contributed by atoms with van der Waals surface area (Å²) in [5, 5.41) is 7.69. The van der Waals surface area contributed by atoms with Gasteiger partial charge in [-0.3, -0.25) is 4.57 Å². The Balaban J connectivity index is 1.36. The van der Waals surface area contributed by atoms with Gasteiger partial charge in [0, 0.05) is 46.0 Å². The first-order valence-corrected chi connectivity index (χ1v) is 18.8. The van der Waals surface area contributed by atoms with Crippen molar-refractivity contribution in [3.05, 3.63) is 119 Å². The first-order chi connectivity index (χ1) is 24.2. The number of aryl methyl sites for hydroxylation is 1. The lowest BCUT2D eigenvalue weighted by molar-refractivity contribution is 0.385. The second-order valence-electron chi connectivity index (χ2n) is 16.7. The van der Waals surface area contributed by atoms with Crippen LogP contribution in [0.5, 0.6) is 11.5 Å². The Morgan fingerprint density at radius 1 is 0.784 bits per heavy atom. The summed E-state index contributed by atoms with van der Waals surface area (Å²) in [5.74, 6) is 4.76. The molecule has 0 bridgehead atoms. The highest BCUT2D eigenvalue weighted by Crippen LogP contribution is 2.46. The summed E-state index contributed by atoms with van der Waals surface area (Å²) in [6, 6.07) is 26.0. The Hall–Kier alpha value is -4.64. The van der Waals surface area contributed by atoms with E-state index in [0.717, 1.165) is 39.7 Å². The first kappa shape index (κ1) is 34.8. The van der Waals surface area contributed by atoms with E-state index in [1.807, 2.05) is 6.20 Å². The van der Waals surface area contributed by atoms with E-state index in [2.05, 4.69) is 164 Å². The molecule has 5 nitrogen and oxygen atoms in total. The Bertz CT molecular complexity index is 2270. The molecule has 0 aliphatic heterocycles. The van der Waals surface area contributed by atoms with Gasteiger partial charge >= 0.3 is 0 Å². The highest BCUT2D eigenvalue weighted by molar-refractivity contribution is 6.09. The molecule has 0 saturated carbocycles. The number of aromatic nitrogens is 4. The molecule has 6 aromatic rings. The van der Waals surface area contributed by atoms with E-state index in [1.165, 1.54) is 45.2 Å². The number of ether oxygens (including phenoxy) is 1. The number of rotatable bonds is 7. The van der Waals surface area contributed by atoms with Gasteiger partial charge in [-0.15, -0.1) is 0 Å². The molecule has 0 N–H and O–H groups in total. The zero-order valence-electron chi connectivity index (χ0n) is 32.4. The zero-order valence-corrected chi connectivity index (χ0v) is 32.4. The molecule has 0 radical (unpaired) electrons. The third-order valence-corrected chi connectivity index (χ3v) is 10.8. The average Bonchev–Trinajstić information content (AvgIpc) is 3.59. The van der Waals surface area contributed by atoms with E-state index in [0.29, 0.717) is 29.6 Å². The van der Waals surface area contributed by atoms with Gasteiger partial charge in [0.25, 0.3) is 0 Å². The minimum absolute atomic E-state index is 0.117. The van der Waals surface area contributed by atoms with Crippen LogP contribution >= 0.6 is 0 Å². The lowest BCUT2D eigenvalue weighted by Gasteiger charge is -2.34. The molecular weight excluding hydrogens is 625 g/mol. The van der Waals surface area contributed by atoms with Crippen molar-refractivity contribution in [3.63, 3.8) is 0 Å². The maximum Gasteiger partial charge on any atom is 0.137 e. The number of benzene rings is 3. The highest BCUT2D eigenvalue weighted by atomic mass is 16.5. The van der Waals surface area contributed by atoms with Gasteiger partial charge in [-0.2, -0.15) is 5.10 Å². The van der Waals surface area contributed by atoms with Gasteiger partial charge in [-0.1, -0.05) is 92.2 Å². The second kappa shape index (κ2) is 13.2. The van der Waals surface area contributed by atoms with Crippen LogP contribution in [-0.2, 0) is 5.41 Å². The van der Waals surface area contributed by atoms with Crippen LogP contribution in [0.2, 0.25) is 0 Å². The van der Waals surface area contributed by atoms with Crippen LogP contribution in [0, 0.1) is 18.8 Å². The van der Waals surface area contributed by atoms with Crippen molar-refractivity contribution < 1.29 is 4.74 Å². The van der Waals surface area contributed by atoms with Crippen molar-refractivity contribution in [1.29, 1.82) is 0 Å². The number of fused-ring (bicyclic) bond motifs is 3. The smallest absolute Gasteiger partial charge is 0.137 e. The Labute approximate surface area is 304 Å². The van der Waals surface area contributed by atoms with Gasteiger partial charge in [-0.05, 0) is 97.5 Å². The molecule has 7 rings (SSSR count). The lowest BCUT2D eigenvalue weighted by atomic mass is 9.70. The molecule has 1 aliphatic carbocycles. The van der Waals surface area contributed by atoms with Gasteiger partial charge in [0.2, 0.25) is 0 Å². The van der Waals surface area contributed by atoms with Gasteiger partial charge in [0.1, 0.15) is 17.3 Å². The van der Waals surface area contributed by atoms with Crippen LogP contribution < -0.4 is 4.74 Å². The summed E-state index contributed by atoms with van der Waals surface area (Å²) in [6.45, 7) is 25.2. The topological polar surface area (TPSA) is 44.9 Å². The number of allylic oxidation sites excluding steroid dienone is 2. The normalized spacial score (nSPS) is 18.3. The van der Waals surface area contributed by atoms with E-state index in [1.54, 1.807) is 0 Å². The third kappa shape index (κ3) is 6.41. The van der Waals surface area contributed by atoms with Crippen molar-refractivity contribution in [3.8, 4) is 23.0 Å². The maximum atomic E-state index is 6.83. The molecule has 3 aromatic heterocycles. The molecule has 5 heteroatoms. The predicted octanol–water partition coefficient (Wildman–Crippen LogP) is 12.7. The molecule has 1 unspecified atom stereocenters. The van der Waals surface area contributed by atoms with Crippen molar-refractivity contribution >= 4 is 21.8 Å². The summed E-state index contributed by atoms with van der Waals surface area (Å²) in [7, 11) is 0. The van der Waals surface area contributed by atoms with E-state index in [9.17, 15) is 0 Å². The Morgan fingerprint density at radius 3 is 2.22 bits per heavy atom. The Kier molecular flexibility index (Phi) is 8.98. The fraction of sp³-hybridized carbons (Fsp3) is 0.391. The monoisotopic (exact) mass is 678 g/mol. The summed E-state index contributed by atoms with van der Waals surface area (Å²) < 4.78 is 11.3. The number of nitrogens with zero attached hydrogens (tertiary/aromatic N) is 4. The van der Waals surface area contributed by atoms with Crippen LogP contribution in [-0.4, -0.2) is 19.3 Å². The van der Waals surface area contributed by atoms with Gasteiger partial charge < -0.3 is 4.74 Å². The number of hydrogen-bond donors (Lipinski definition) is 0. The summed E-state index contributed by atoms with van der Waals surface area (Å²) >= 11 is 0. The van der Waals surface area contributed by atoms with Crippen LogP contribution in [0.3, 0.4) is 0 Å². The van der Waals surface area contributed by atoms with Crippen molar-refractivity contribution in [2.24, 2.45) is 11.8 Å². The summed E-state index contributed by atoms with van der Waals surface area (Å²) in [4.78, 5) is 4.85. The quantitative estimate of drug-likeness (QED) is 0.158. The minimum Gasteiger partial charge on any atom is -0.457 e. The van der Waals surface area contributed by atoms with Crippen molar-refractivity contribution in [2.75, 3.05) is 0 Å². The maximum absolute atomic E-state index is 6.83. The summed E-state index contributed by atoms with van der Waals surface area (Å²) in [6.07, 6.45) is 5.60. The minimum atomic E-state index is -0.117. The first-order valence-electron chi connectivity index (χ1n) is 18.8. The molecule has 0 amide bonds. The SMILES string of the molecule is CC1=C[C@H](C)CC(C)[C@H]1c1c(C)nn(-c2cc(Oc3ccc4c5ccccc5n(-c5cc(C(C)C)ccn5)c4c3)cc(C(C)C)c2)c1C(C)(C)C. The molecule has 264 valence electrons. The van der Waals surface area contributed by atoms with Crippen LogP contribution in [0.15, 0.2) is 90.6 Å². The molecule has 0 spiro atoms. The molecule has 3 atom stereocenters. The molecule has 0 saturated heterocycles. The molecule has 3 heterocycles. The van der Waals surface area contributed by atoms with E-state index in [-0.39, 0.29) is 5.41 Å². The third-order valence-electron chi connectivity index (χ3n) is 10.8. The van der Waals surface area contributed by atoms with Gasteiger partial charge in [-0.25, -0.2) is 9.67 Å². The lowest BCUT2D eigenvalue weighted by Crippen LogP contribution is -2.25. The molecule has 51 heavy (non-hydrogen) atoms. The van der Waals surface area contributed by atoms with Crippen LogP contribution in [0.1, 0.15) is 121 Å². The highest BCUT2D eigenvalue weighted by Gasteiger charge is 2.36.